The van der Waals surface area contributed by atoms with E-state index in [9.17, 15) is 0 Å². The Morgan fingerprint density at radius 1 is 0.514 bits per heavy atom. The third-order valence-electron chi connectivity index (χ3n) is 19.0. The summed E-state index contributed by atoms with van der Waals surface area (Å²) in [6, 6.07) is 56.7. The van der Waals surface area contributed by atoms with E-state index < -0.39 is 0 Å². The number of hydrogen-bond donors (Lipinski definition) is 0. The monoisotopic (exact) mass is 966 g/mol. The summed E-state index contributed by atoms with van der Waals surface area (Å²) >= 11 is 0. The lowest BCUT2D eigenvalue weighted by molar-refractivity contribution is 0.194. The summed E-state index contributed by atoms with van der Waals surface area (Å²) in [4.78, 5) is 8.09. The number of para-hydroxylation sites is 2. The van der Waals surface area contributed by atoms with Gasteiger partial charge in [-0.15, -0.1) is 0 Å². The Labute approximate surface area is 439 Å². The molecule has 0 amide bonds. The first-order chi connectivity index (χ1) is 35.3. The molecule has 0 bridgehead atoms. The maximum atomic E-state index is 7.07. The molecule has 1 saturated carbocycles. The third-order valence-corrected chi connectivity index (χ3v) is 19.0. The fourth-order valence-electron chi connectivity index (χ4n) is 15.1. The summed E-state index contributed by atoms with van der Waals surface area (Å²) in [6.07, 6.45) is 4.74. The number of benzene rings is 8. The molecule has 2 atom stereocenters. The van der Waals surface area contributed by atoms with Crippen LogP contribution in [0, 0.1) is 13.8 Å². The molecule has 4 heterocycles. The summed E-state index contributed by atoms with van der Waals surface area (Å²) in [5, 5.41) is 2.27. The van der Waals surface area contributed by atoms with Crippen molar-refractivity contribution in [3.8, 4) is 11.1 Å². The van der Waals surface area contributed by atoms with Crippen LogP contribution in [0.25, 0.3) is 33.1 Å². The number of anilines is 8. The van der Waals surface area contributed by atoms with Crippen molar-refractivity contribution >= 4 is 90.5 Å². The number of nitrogens with zero attached hydrogens (tertiary/aromatic N) is 3. The second-order valence-electron chi connectivity index (χ2n) is 25.8. The molecule has 1 aromatic heterocycles. The summed E-state index contributed by atoms with van der Waals surface area (Å²) in [5.41, 5.74) is 27.4. The first-order valence-electron chi connectivity index (χ1n) is 27.4. The highest BCUT2D eigenvalue weighted by molar-refractivity contribution is 7.00. The molecule has 3 aliphatic heterocycles. The normalized spacial score (nSPS) is 20.1. The van der Waals surface area contributed by atoms with Crippen LogP contribution >= 0.6 is 0 Å². The molecule has 9 aromatic rings. The molecular formula is C69H68BN3O. The molecule has 5 aliphatic rings. The van der Waals surface area contributed by atoms with Gasteiger partial charge in [0.2, 0.25) is 0 Å². The Kier molecular flexibility index (Phi) is 9.30. The lowest BCUT2D eigenvalue weighted by atomic mass is 9.33. The summed E-state index contributed by atoms with van der Waals surface area (Å²) in [5.74, 6) is 0. The Hall–Kier alpha value is -6.98. The van der Waals surface area contributed by atoms with Crippen molar-refractivity contribution in [2.45, 2.75) is 136 Å². The molecule has 368 valence electrons. The van der Waals surface area contributed by atoms with E-state index in [4.69, 9.17) is 4.42 Å². The van der Waals surface area contributed by atoms with Crippen molar-refractivity contribution in [3.63, 3.8) is 0 Å². The highest BCUT2D eigenvalue weighted by atomic mass is 16.3. The predicted octanol–water partition coefficient (Wildman–Crippen LogP) is 16.9. The zero-order valence-electron chi connectivity index (χ0n) is 45.5. The van der Waals surface area contributed by atoms with E-state index in [1.165, 1.54) is 126 Å². The summed E-state index contributed by atoms with van der Waals surface area (Å²) in [7, 11) is 0. The average Bonchev–Trinajstić information content (AvgIpc) is 3.95. The molecule has 0 radical (unpaired) electrons. The quantitative estimate of drug-likeness (QED) is 0.165. The fourth-order valence-corrected chi connectivity index (χ4v) is 15.1. The van der Waals surface area contributed by atoms with Crippen molar-refractivity contribution in [2.24, 2.45) is 0 Å². The Morgan fingerprint density at radius 3 is 1.88 bits per heavy atom. The molecule has 0 N–H and O–H groups in total. The molecule has 14 rings (SSSR count). The maximum Gasteiger partial charge on any atom is 0.252 e. The van der Waals surface area contributed by atoms with Gasteiger partial charge in [0, 0.05) is 61.4 Å². The highest BCUT2D eigenvalue weighted by Crippen LogP contribution is 2.63. The first-order valence-corrected chi connectivity index (χ1v) is 27.4. The number of aryl methyl sites for hydroxylation is 2. The van der Waals surface area contributed by atoms with E-state index in [1.807, 2.05) is 0 Å². The van der Waals surface area contributed by atoms with Crippen molar-refractivity contribution < 1.29 is 4.42 Å². The molecule has 4 nitrogen and oxygen atoms in total. The molecular weight excluding hydrogens is 898 g/mol. The Morgan fingerprint density at radius 2 is 1.15 bits per heavy atom. The van der Waals surface area contributed by atoms with Crippen molar-refractivity contribution in [1.82, 2.24) is 0 Å². The van der Waals surface area contributed by atoms with Crippen molar-refractivity contribution in [1.29, 1.82) is 0 Å². The molecule has 5 heteroatoms. The minimum atomic E-state index is -0.167. The lowest BCUT2D eigenvalue weighted by Crippen LogP contribution is -2.62. The summed E-state index contributed by atoms with van der Waals surface area (Å²) < 4.78 is 7.07. The molecule has 1 fully saturated rings. The maximum absolute atomic E-state index is 7.07. The molecule has 0 saturated heterocycles. The average molecular weight is 966 g/mol. The second-order valence-corrected chi connectivity index (χ2v) is 25.8. The Bertz CT molecular complexity index is 3900. The van der Waals surface area contributed by atoms with E-state index in [-0.39, 0.29) is 33.9 Å². The van der Waals surface area contributed by atoms with Crippen LogP contribution in [0.3, 0.4) is 0 Å². The molecule has 74 heavy (non-hydrogen) atoms. The third kappa shape index (κ3) is 6.04. The molecule has 2 unspecified atom stereocenters. The van der Waals surface area contributed by atoms with Crippen LogP contribution in [0.15, 0.2) is 150 Å². The standard InChI is InChI=1S/C69H68BN3O/c1-41-34-42(2)62-58(35-41)73(69(12)33-18-17-32-68(62,69)11)46-39-59-63-60(40-46)72(57-24-19-22-50-49-21-14-16-25-61(49)74-64(50)57)56-31-27-44(66(6,7)8)37-54(56)70(63)53-36-43(65(3,4)5)26-30-55(53)71(59)45-28-29-48-47-20-13-15-23-51(47)67(9,10)52(48)38-45/h13-16,19-31,34-40H,17-18,32-33H2,1-12H3. The van der Waals surface area contributed by atoms with Gasteiger partial charge in [0.25, 0.3) is 6.71 Å². The highest BCUT2D eigenvalue weighted by Gasteiger charge is 2.59. The van der Waals surface area contributed by atoms with Crippen molar-refractivity contribution in [3.05, 3.63) is 185 Å². The number of furan rings is 1. The van der Waals surface area contributed by atoms with Gasteiger partial charge in [0.15, 0.2) is 5.58 Å². The van der Waals surface area contributed by atoms with E-state index in [2.05, 4.69) is 243 Å². The van der Waals surface area contributed by atoms with Gasteiger partial charge < -0.3 is 19.1 Å². The van der Waals surface area contributed by atoms with Crippen LogP contribution in [-0.4, -0.2) is 12.3 Å². The van der Waals surface area contributed by atoms with Gasteiger partial charge in [-0.2, -0.15) is 0 Å². The Balaban J connectivity index is 1.14. The smallest absolute Gasteiger partial charge is 0.252 e. The topological polar surface area (TPSA) is 22.9 Å². The number of fused-ring (bicyclic) bond motifs is 13. The van der Waals surface area contributed by atoms with Gasteiger partial charge >= 0.3 is 0 Å². The molecule has 0 spiro atoms. The van der Waals surface area contributed by atoms with E-state index in [0.717, 1.165) is 34.0 Å². The molecule has 2 aliphatic carbocycles. The van der Waals surface area contributed by atoms with Gasteiger partial charge in [0.1, 0.15) is 5.58 Å². The van der Waals surface area contributed by atoms with Crippen molar-refractivity contribution in [2.75, 3.05) is 14.7 Å². The van der Waals surface area contributed by atoms with Crippen LogP contribution in [0.2, 0.25) is 0 Å². The van der Waals surface area contributed by atoms with E-state index >= 15 is 0 Å². The van der Waals surface area contributed by atoms with Crippen LogP contribution in [0.5, 0.6) is 0 Å². The predicted molar refractivity (Wildman–Crippen MR) is 315 cm³/mol. The van der Waals surface area contributed by atoms with Crippen LogP contribution in [-0.2, 0) is 21.7 Å². The number of hydrogen-bond acceptors (Lipinski definition) is 4. The van der Waals surface area contributed by atoms with Crippen LogP contribution in [0.1, 0.15) is 134 Å². The summed E-state index contributed by atoms with van der Waals surface area (Å²) in [6.45, 7) is 28.8. The van der Waals surface area contributed by atoms with Crippen LogP contribution in [0.4, 0.5) is 45.5 Å². The SMILES string of the molecule is Cc1cc(C)c2c(c1)N(c1cc3c4c(c1)N(c1cccc5c1oc1ccccc15)c1ccc(C(C)(C)C)cc1B4c1cc(C(C)(C)C)ccc1N3c1ccc3c(c1)C(C)(C)c1ccccc1-3)C1(C)CCCCC21C. The second kappa shape index (κ2) is 15.1. The minimum Gasteiger partial charge on any atom is -0.454 e. The van der Waals surface area contributed by atoms with Gasteiger partial charge in [-0.25, -0.2) is 0 Å². The van der Waals surface area contributed by atoms with Crippen LogP contribution < -0.4 is 31.1 Å². The lowest BCUT2D eigenvalue weighted by Gasteiger charge is -2.51. The largest absolute Gasteiger partial charge is 0.454 e. The number of rotatable bonds is 3. The molecule has 8 aromatic carbocycles. The van der Waals surface area contributed by atoms with E-state index in [0.29, 0.717) is 0 Å². The van der Waals surface area contributed by atoms with E-state index in [1.54, 1.807) is 0 Å². The first kappa shape index (κ1) is 45.6. The fraction of sp³-hybridized carbons (Fsp3) is 0.304. The van der Waals surface area contributed by atoms with Gasteiger partial charge in [-0.05, 0) is 165 Å². The van der Waals surface area contributed by atoms with Gasteiger partial charge in [-0.1, -0.05) is 166 Å². The minimum absolute atomic E-state index is 0.0280. The zero-order chi connectivity index (χ0) is 51.2. The van der Waals surface area contributed by atoms with Gasteiger partial charge in [0.05, 0.1) is 11.2 Å². The van der Waals surface area contributed by atoms with Gasteiger partial charge in [-0.3, -0.25) is 0 Å². The zero-order valence-corrected chi connectivity index (χ0v) is 45.5.